The molecular weight excluding hydrogens is 251 g/mol. The average Bonchev–Trinajstić information content (AvgIpc) is 2.07. The van der Waals surface area contributed by atoms with Gasteiger partial charge in [-0.1, -0.05) is 52.9 Å². The van der Waals surface area contributed by atoms with Crippen molar-refractivity contribution in [2.45, 2.75) is 0 Å². The first kappa shape index (κ1) is 8.46. The van der Waals surface area contributed by atoms with Gasteiger partial charge in [0.2, 0.25) is 0 Å². The number of halogens is 1. The molecule has 0 amide bonds. The van der Waals surface area contributed by atoms with Crippen LogP contribution in [-0.4, -0.2) is 5.78 Å². The molecule has 0 bridgehead atoms. The van der Waals surface area contributed by atoms with E-state index in [2.05, 4.69) is 0 Å². The van der Waals surface area contributed by atoms with Crippen LogP contribution in [0.3, 0.4) is 0 Å². The Bertz CT molecular complexity index is 264. The summed E-state index contributed by atoms with van der Waals surface area (Å²) in [4.78, 5) is 11.2. The predicted molar refractivity (Wildman–Crippen MR) is 53.9 cm³/mol. The highest BCUT2D eigenvalue weighted by Gasteiger charge is 1.97. The zero-order valence-electron chi connectivity index (χ0n) is 5.83. The summed E-state index contributed by atoms with van der Waals surface area (Å²) in [6.45, 7) is 0. The van der Waals surface area contributed by atoms with E-state index >= 15 is 0 Å². The van der Waals surface area contributed by atoms with Gasteiger partial charge in [-0.3, -0.25) is 4.79 Å². The molecule has 1 aromatic carbocycles. The molecule has 0 atom stereocenters. The Morgan fingerprint density at radius 1 is 1.27 bits per heavy atom. The summed E-state index contributed by atoms with van der Waals surface area (Å²) in [5.74, 6) is 0.0556. The summed E-state index contributed by atoms with van der Waals surface area (Å²) >= 11 is 2.03. The predicted octanol–water partition coefficient (Wildman–Crippen LogP) is 2.82. The third-order valence-corrected chi connectivity index (χ3v) is 1.63. The second-order valence-corrected chi connectivity index (χ2v) is 2.74. The van der Waals surface area contributed by atoms with Crippen LogP contribution in [0.5, 0.6) is 0 Å². The first-order valence-corrected chi connectivity index (χ1v) is 4.45. The van der Waals surface area contributed by atoms with Gasteiger partial charge in [0.25, 0.3) is 0 Å². The number of rotatable bonds is 2. The van der Waals surface area contributed by atoms with Gasteiger partial charge in [0.05, 0.1) is 0 Å². The normalized spacial score (nSPS) is 10.3. The van der Waals surface area contributed by atoms with Crippen LogP contribution in [0.1, 0.15) is 10.4 Å². The van der Waals surface area contributed by atoms with E-state index in [0.29, 0.717) is 0 Å². The van der Waals surface area contributed by atoms with E-state index in [1.165, 1.54) is 0 Å². The fourth-order valence-electron chi connectivity index (χ4n) is 0.756. The number of ketones is 1. The number of benzene rings is 1. The van der Waals surface area contributed by atoms with Crippen LogP contribution in [0.2, 0.25) is 0 Å². The van der Waals surface area contributed by atoms with E-state index < -0.39 is 0 Å². The van der Waals surface area contributed by atoms with Crippen LogP contribution in [0, 0.1) is 0 Å². The molecule has 0 N–H and O–H groups in total. The van der Waals surface area contributed by atoms with Gasteiger partial charge in [0.1, 0.15) is 0 Å². The third kappa shape index (κ3) is 2.46. The Kier molecular flexibility index (Phi) is 3.29. The topological polar surface area (TPSA) is 17.1 Å². The lowest BCUT2D eigenvalue weighted by Gasteiger charge is -1.91. The molecule has 0 aromatic heterocycles. The summed E-state index contributed by atoms with van der Waals surface area (Å²) in [6, 6.07) is 9.21. The van der Waals surface area contributed by atoms with Crippen LogP contribution in [0.4, 0.5) is 0 Å². The van der Waals surface area contributed by atoms with Crippen LogP contribution in [-0.2, 0) is 0 Å². The van der Waals surface area contributed by atoms with Crippen molar-refractivity contribution in [1.29, 1.82) is 0 Å². The van der Waals surface area contributed by atoms with Crippen LogP contribution < -0.4 is 0 Å². The smallest absolute Gasteiger partial charge is 0.186 e. The average molecular weight is 258 g/mol. The van der Waals surface area contributed by atoms with E-state index in [9.17, 15) is 4.79 Å². The first-order valence-electron chi connectivity index (χ1n) is 3.21. The van der Waals surface area contributed by atoms with Crippen LogP contribution in [0.15, 0.2) is 40.5 Å². The number of carbonyl (C=O) groups is 1. The van der Waals surface area contributed by atoms with Crippen molar-refractivity contribution in [3.8, 4) is 0 Å². The van der Waals surface area contributed by atoms with Crippen molar-refractivity contribution in [3.63, 3.8) is 0 Å². The summed E-state index contributed by atoms with van der Waals surface area (Å²) in [7, 11) is 0. The van der Waals surface area contributed by atoms with Gasteiger partial charge in [-0.2, -0.15) is 0 Å². The minimum absolute atomic E-state index is 0.0556. The van der Waals surface area contributed by atoms with Crippen LogP contribution in [0.25, 0.3) is 0 Å². The summed E-state index contributed by atoms with van der Waals surface area (Å²) < 4.78 is 1.72. The summed E-state index contributed by atoms with van der Waals surface area (Å²) in [5, 5.41) is 0. The fraction of sp³-hybridized carbons (Fsp3) is 0. The molecule has 0 radical (unpaired) electrons. The monoisotopic (exact) mass is 258 g/mol. The molecule has 0 unspecified atom stereocenters. The van der Waals surface area contributed by atoms with E-state index in [1.807, 2.05) is 40.8 Å². The quantitative estimate of drug-likeness (QED) is 0.453. The van der Waals surface area contributed by atoms with Crippen molar-refractivity contribution >= 4 is 28.4 Å². The summed E-state index contributed by atoms with van der Waals surface area (Å²) in [6.07, 6.45) is 1.55. The standard InChI is InChI=1S/C9H7IO/c10-7-6-9(11)8-4-2-1-3-5-8/h1-7H/b7-6+. The zero-order valence-corrected chi connectivity index (χ0v) is 7.99. The Hall–Kier alpha value is -0.640. The highest BCUT2D eigenvalue weighted by atomic mass is 127. The molecule has 1 rings (SSSR count). The molecule has 0 aliphatic carbocycles. The Morgan fingerprint density at radius 3 is 2.45 bits per heavy atom. The molecule has 0 aliphatic heterocycles. The molecule has 56 valence electrons. The van der Waals surface area contributed by atoms with Gasteiger partial charge < -0.3 is 0 Å². The lowest BCUT2D eigenvalue weighted by atomic mass is 10.1. The van der Waals surface area contributed by atoms with Crippen molar-refractivity contribution < 1.29 is 4.79 Å². The molecule has 0 saturated carbocycles. The van der Waals surface area contributed by atoms with Crippen LogP contribution >= 0.6 is 22.6 Å². The first-order chi connectivity index (χ1) is 5.34. The number of hydrogen-bond donors (Lipinski definition) is 0. The molecular formula is C9H7IO. The second kappa shape index (κ2) is 4.28. The largest absolute Gasteiger partial charge is 0.289 e. The maximum absolute atomic E-state index is 11.2. The Morgan fingerprint density at radius 2 is 1.91 bits per heavy atom. The van der Waals surface area contributed by atoms with E-state index in [0.717, 1.165) is 5.56 Å². The Labute approximate surface area is 79.3 Å². The molecule has 0 aliphatic rings. The molecule has 0 fully saturated rings. The van der Waals surface area contributed by atoms with Crippen molar-refractivity contribution in [1.82, 2.24) is 0 Å². The fourth-order valence-corrected chi connectivity index (χ4v) is 1.08. The van der Waals surface area contributed by atoms with Crippen molar-refractivity contribution in [3.05, 3.63) is 46.1 Å². The maximum atomic E-state index is 11.2. The minimum atomic E-state index is 0.0556. The van der Waals surface area contributed by atoms with Gasteiger partial charge >= 0.3 is 0 Å². The third-order valence-electron chi connectivity index (χ3n) is 1.27. The minimum Gasteiger partial charge on any atom is -0.289 e. The Balaban J connectivity index is 2.86. The summed E-state index contributed by atoms with van der Waals surface area (Å²) in [5.41, 5.74) is 0.736. The van der Waals surface area contributed by atoms with Gasteiger partial charge in [0.15, 0.2) is 5.78 Å². The molecule has 2 heteroatoms. The molecule has 11 heavy (non-hydrogen) atoms. The maximum Gasteiger partial charge on any atom is 0.186 e. The lowest BCUT2D eigenvalue weighted by Crippen LogP contribution is -1.91. The number of carbonyl (C=O) groups excluding carboxylic acids is 1. The highest BCUT2D eigenvalue weighted by molar-refractivity contribution is 14.1. The molecule has 0 heterocycles. The molecule has 1 aromatic rings. The van der Waals surface area contributed by atoms with Gasteiger partial charge in [0, 0.05) is 5.56 Å². The van der Waals surface area contributed by atoms with Gasteiger partial charge in [-0.25, -0.2) is 0 Å². The molecule has 0 spiro atoms. The van der Waals surface area contributed by atoms with Crippen molar-refractivity contribution in [2.75, 3.05) is 0 Å². The SMILES string of the molecule is O=C(/C=C/I)c1ccccc1. The van der Waals surface area contributed by atoms with Gasteiger partial charge in [-0.15, -0.1) is 0 Å². The second-order valence-electron chi connectivity index (χ2n) is 2.02. The van der Waals surface area contributed by atoms with Gasteiger partial charge in [-0.05, 0) is 10.2 Å². The number of allylic oxidation sites excluding steroid dienone is 1. The van der Waals surface area contributed by atoms with E-state index in [1.54, 1.807) is 22.3 Å². The van der Waals surface area contributed by atoms with E-state index in [-0.39, 0.29) is 5.78 Å². The lowest BCUT2D eigenvalue weighted by molar-refractivity contribution is 0.104. The van der Waals surface area contributed by atoms with Crippen molar-refractivity contribution in [2.24, 2.45) is 0 Å². The zero-order chi connectivity index (χ0) is 8.10. The highest BCUT2D eigenvalue weighted by Crippen LogP contribution is 2.01. The molecule has 1 nitrogen and oxygen atoms in total. The number of hydrogen-bond acceptors (Lipinski definition) is 1. The molecule has 0 saturated heterocycles. The van der Waals surface area contributed by atoms with E-state index in [4.69, 9.17) is 0 Å².